The van der Waals surface area contributed by atoms with Gasteiger partial charge in [0.2, 0.25) is 0 Å². The standard InChI is InChI=1S/C40H33N3S/c1-24-11-12-27(17-25(24)2)43(28-13-15-32-31-9-7-8-10-34(31)39(3,4)35(32)19-28)29-14-16-33-36(20-29)40(5,6)37-21-30(44-38(33)37)18-26(22-41)23-42/h7-21H,1-6H3. The van der Waals surface area contributed by atoms with E-state index in [9.17, 15) is 10.5 Å². The van der Waals surface area contributed by atoms with Gasteiger partial charge in [-0.2, -0.15) is 10.5 Å². The third kappa shape index (κ3) is 4.06. The molecule has 44 heavy (non-hydrogen) atoms. The fourth-order valence-electron chi connectivity index (χ4n) is 7.05. The molecule has 7 rings (SSSR count). The van der Waals surface area contributed by atoms with E-state index >= 15 is 0 Å². The summed E-state index contributed by atoms with van der Waals surface area (Å²) < 4.78 is 0. The highest BCUT2D eigenvalue weighted by atomic mass is 32.1. The first-order valence-corrected chi connectivity index (χ1v) is 15.8. The molecule has 0 atom stereocenters. The lowest BCUT2D eigenvalue weighted by Gasteiger charge is -2.30. The smallest absolute Gasteiger partial charge is 0.131 e. The molecule has 0 bridgehead atoms. The topological polar surface area (TPSA) is 50.8 Å². The second-order valence-electron chi connectivity index (χ2n) is 13.0. The fourth-order valence-corrected chi connectivity index (χ4v) is 8.35. The summed E-state index contributed by atoms with van der Waals surface area (Å²) in [5, 5.41) is 18.6. The lowest BCUT2D eigenvalue weighted by molar-refractivity contribution is 0.660. The zero-order chi connectivity index (χ0) is 31.0. The van der Waals surface area contributed by atoms with Crippen LogP contribution in [-0.2, 0) is 10.8 Å². The van der Waals surface area contributed by atoms with E-state index in [1.165, 1.54) is 54.9 Å². The van der Waals surface area contributed by atoms with Crippen LogP contribution in [0.3, 0.4) is 0 Å². The molecule has 0 radical (unpaired) electrons. The maximum atomic E-state index is 9.28. The Balaban J connectivity index is 1.38. The number of allylic oxidation sites excluding steroid dienone is 1. The van der Waals surface area contributed by atoms with Gasteiger partial charge in [-0.15, -0.1) is 11.3 Å². The first-order chi connectivity index (χ1) is 21.0. The van der Waals surface area contributed by atoms with Gasteiger partial charge in [0.1, 0.15) is 17.7 Å². The number of fused-ring (bicyclic) bond motifs is 6. The number of benzene rings is 4. The number of nitriles is 2. The molecule has 0 fully saturated rings. The highest BCUT2D eigenvalue weighted by molar-refractivity contribution is 7.16. The fraction of sp³-hybridized carbons (Fsp3) is 0.200. The van der Waals surface area contributed by atoms with Crippen LogP contribution in [0.15, 0.2) is 90.5 Å². The molecule has 5 aromatic rings. The van der Waals surface area contributed by atoms with Crippen molar-refractivity contribution in [3.63, 3.8) is 0 Å². The van der Waals surface area contributed by atoms with E-state index in [-0.39, 0.29) is 16.4 Å². The second-order valence-corrected chi connectivity index (χ2v) is 14.1. The van der Waals surface area contributed by atoms with Gasteiger partial charge in [0, 0.05) is 37.6 Å². The molecule has 0 saturated carbocycles. The summed E-state index contributed by atoms with van der Waals surface area (Å²) >= 11 is 1.65. The van der Waals surface area contributed by atoms with Crippen molar-refractivity contribution in [2.24, 2.45) is 0 Å². The van der Waals surface area contributed by atoms with E-state index in [1.54, 1.807) is 17.4 Å². The van der Waals surface area contributed by atoms with Crippen LogP contribution in [0, 0.1) is 36.5 Å². The van der Waals surface area contributed by atoms with Crippen molar-refractivity contribution in [3.8, 4) is 33.7 Å². The highest BCUT2D eigenvalue weighted by Gasteiger charge is 2.39. The maximum absolute atomic E-state index is 9.28. The summed E-state index contributed by atoms with van der Waals surface area (Å²) in [7, 11) is 0. The number of anilines is 3. The van der Waals surface area contributed by atoms with Crippen LogP contribution in [0.2, 0.25) is 0 Å². The van der Waals surface area contributed by atoms with E-state index in [1.807, 2.05) is 12.1 Å². The third-order valence-electron chi connectivity index (χ3n) is 9.71. The maximum Gasteiger partial charge on any atom is 0.131 e. The van der Waals surface area contributed by atoms with E-state index in [0.29, 0.717) is 0 Å². The quantitative estimate of drug-likeness (QED) is 0.197. The zero-order valence-electron chi connectivity index (χ0n) is 25.9. The minimum Gasteiger partial charge on any atom is -0.310 e. The van der Waals surface area contributed by atoms with Crippen molar-refractivity contribution in [1.29, 1.82) is 10.5 Å². The van der Waals surface area contributed by atoms with Crippen LogP contribution in [0.25, 0.3) is 27.6 Å². The summed E-state index contributed by atoms with van der Waals surface area (Å²) in [6, 6.07) is 35.4. The Labute approximate surface area is 264 Å². The Morgan fingerprint density at radius 1 is 0.636 bits per heavy atom. The zero-order valence-corrected chi connectivity index (χ0v) is 26.7. The molecular formula is C40H33N3S. The molecule has 2 aliphatic rings. The van der Waals surface area contributed by atoms with E-state index < -0.39 is 0 Å². The molecule has 214 valence electrons. The van der Waals surface area contributed by atoms with Crippen LogP contribution in [0.1, 0.15) is 66.0 Å². The second kappa shape index (κ2) is 9.81. The molecule has 1 aromatic heterocycles. The summed E-state index contributed by atoms with van der Waals surface area (Å²) in [5.74, 6) is 0. The van der Waals surface area contributed by atoms with Gasteiger partial charge in [-0.25, -0.2) is 0 Å². The van der Waals surface area contributed by atoms with E-state index in [2.05, 4.69) is 131 Å². The Morgan fingerprint density at radius 2 is 1.20 bits per heavy atom. The van der Waals surface area contributed by atoms with Gasteiger partial charge in [0.25, 0.3) is 0 Å². The number of thiophene rings is 1. The van der Waals surface area contributed by atoms with Gasteiger partial charge in [-0.3, -0.25) is 0 Å². The number of nitrogens with zero attached hydrogens (tertiary/aromatic N) is 3. The predicted molar refractivity (Wildman–Crippen MR) is 183 cm³/mol. The van der Waals surface area contributed by atoms with Crippen LogP contribution in [0.5, 0.6) is 0 Å². The molecule has 0 amide bonds. The van der Waals surface area contributed by atoms with Crippen molar-refractivity contribution in [2.75, 3.05) is 4.90 Å². The van der Waals surface area contributed by atoms with Crippen molar-refractivity contribution in [3.05, 3.63) is 129 Å². The third-order valence-corrected chi connectivity index (χ3v) is 10.8. The first kappa shape index (κ1) is 27.9. The Morgan fingerprint density at radius 3 is 1.89 bits per heavy atom. The van der Waals surface area contributed by atoms with Gasteiger partial charge in [0.05, 0.1) is 0 Å². The molecule has 0 spiro atoms. The number of aryl methyl sites for hydroxylation is 2. The molecule has 4 heteroatoms. The SMILES string of the molecule is Cc1ccc(N(c2ccc3c(c2)C(C)(C)c2ccccc2-3)c2ccc3c(c2)C(C)(C)c2cc(C=C(C#N)C#N)sc2-3)cc1C. The first-order valence-electron chi connectivity index (χ1n) is 15.0. The van der Waals surface area contributed by atoms with Crippen molar-refractivity contribution in [1.82, 2.24) is 0 Å². The van der Waals surface area contributed by atoms with Crippen LogP contribution in [0.4, 0.5) is 17.1 Å². The minimum absolute atomic E-state index is 0.0892. The van der Waals surface area contributed by atoms with E-state index in [0.717, 1.165) is 21.9 Å². The molecule has 0 N–H and O–H groups in total. The molecule has 0 aliphatic heterocycles. The molecule has 2 aliphatic carbocycles. The molecule has 0 saturated heterocycles. The molecule has 3 nitrogen and oxygen atoms in total. The van der Waals surface area contributed by atoms with E-state index in [4.69, 9.17) is 0 Å². The molecular weight excluding hydrogens is 555 g/mol. The summed E-state index contributed by atoms with van der Waals surface area (Å²) in [6.07, 6.45) is 1.70. The number of hydrogen-bond acceptors (Lipinski definition) is 4. The monoisotopic (exact) mass is 587 g/mol. The van der Waals surface area contributed by atoms with Gasteiger partial charge < -0.3 is 4.90 Å². The van der Waals surface area contributed by atoms with Crippen LogP contribution >= 0.6 is 11.3 Å². The molecule has 0 unspecified atom stereocenters. The Bertz CT molecular complexity index is 2110. The lowest BCUT2D eigenvalue weighted by Crippen LogP contribution is -2.18. The minimum atomic E-state index is -0.223. The van der Waals surface area contributed by atoms with Crippen molar-refractivity contribution in [2.45, 2.75) is 52.4 Å². The van der Waals surface area contributed by atoms with Crippen molar-refractivity contribution < 1.29 is 0 Å². The van der Waals surface area contributed by atoms with Gasteiger partial charge in [-0.05, 0) is 112 Å². The lowest BCUT2D eigenvalue weighted by atomic mass is 9.82. The Hall–Kier alpha value is -4.90. The number of rotatable bonds is 4. The summed E-state index contributed by atoms with van der Waals surface area (Å²) in [4.78, 5) is 4.55. The highest BCUT2D eigenvalue weighted by Crippen LogP contribution is 2.55. The van der Waals surface area contributed by atoms with Crippen LogP contribution < -0.4 is 4.90 Å². The number of hydrogen-bond donors (Lipinski definition) is 0. The average Bonchev–Trinajstić information content (AvgIpc) is 3.61. The molecule has 4 aromatic carbocycles. The largest absolute Gasteiger partial charge is 0.310 e. The Kier molecular flexibility index (Phi) is 6.22. The van der Waals surface area contributed by atoms with Gasteiger partial charge in [0.15, 0.2) is 0 Å². The summed E-state index contributed by atoms with van der Waals surface area (Å²) in [6.45, 7) is 13.5. The predicted octanol–water partition coefficient (Wildman–Crippen LogP) is 10.9. The average molecular weight is 588 g/mol. The van der Waals surface area contributed by atoms with Crippen molar-refractivity contribution >= 4 is 34.5 Å². The summed E-state index contributed by atoms with van der Waals surface area (Å²) in [5.41, 5.74) is 14.9. The molecule has 1 heterocycles. The normalized spacial score (nSPS) is 14.5. The van der Waals surface area contributed by atoms with Crippen LogP contribution in [-0.4, -0.2) is 0 Å². The van der Waals surface area contributed by atoms with Gasteiger partial charge >= 0.3 is 0 Å². The van der Waals surface area contributed by atoms with Gasteiger partial charge in [-0.1, -0.05) is 70.2 Å².